The largest absolute Gasteiger partial charge is 0.395 e. The van der Waals surface area contributed by atoms with E-state index < -0.39 is 0 Å². The summed E-state index contributed by atoms with van der Waals surface area (Å²) in [7, 11) is 0. The Morgan fingerprint density at radius 2 is 2.10 bits per heavy atom. The van der Waals surface area contributed by atoms with Crippen LogP contribution in [0.4, 0.5) is 5.82 Å². The monoisotopic (exact) mass is 267 g/mol. The first-order valence-electron chi connectivity index (χ1n) is 6.09. The average molecular weight is 267 g/mol. The van der Waals surface area contributed by atoms with Crippen LogP contribution in [0.25, 0.3) is 0 Å². The molecule has 2 N–H and O–H groups in total. The van der Waals surface area contributed by atoms with Crippen molar-refractivity contribution in [1.82, 2.24) is 10.2 Å². The molecule has 0 saturated heterocycles. The van der Waals surface area contributed by atoms with E-state index in [2.05, 4.69) is 27.4 Å². The number of aliphatic hydroxyl groups is 1. The molecule has 1 heterocycles. The number of aliphatic hydroxyl groups excluding tert-OH is 1. The van der Waals surface area contributed by atoms with Gasteiger partial charge in [0.15, 0.2) is 5.82 Å². The van der Waals surface area contributed by atoms with Crippen LogP contribution in [0.5, 0.6) is 0 Å². The summed E-state index contributed by atoms with van der Waals surface area (Å²) >= 11 is 0. The molecule has 0 aliphatic carbocycles. The van der Waals surface area contributed by atoms with Crippen LogP contribution >= 0.6 is 0 Å². The van der Waals surface area contributed by atoms with Crippen LogP contribution in [0.2, 0.25) is 0 Å². The number of aromatic nitrogens is 2. The minimum absolute atomic E-state index is 0.000960. The van der Waals surface area contributed by atoms with Gasteiger partial charge in [-0.15, -0.1) is 5.10 Å². The minimum Gasteiger partial charge on any atom is -0.395 e. The number of nitrogens with zero attached hydrogens (tertiary/aromatic N) is 2. The molecule has 20 heavy (non-hydrogen) atoms. The normalized spacial score (nSPS) is 9.45. The Morgan fingerprint density at radius 1 is 1.25 bits per heavy atom. The molecule has 0 unspecified atom stereocenters. The molecule has 0 aliphatic heterocycles. The van der Waals surface area contributed by atoms with Crippen LogP contribution in [-0.4, -0.2) is 27.8 Å². The van der Waals surface area contributed by atoms with Gasteiger partial charge >= 0.3 is 0 Å². The van der Waals surface area contributed by atoms with Crippen molar-refractivity contribution in [3.05, 3.63) is 53.7 Å². The van der Waals surface area contributed by atoms with Gasteiger partial charge in [-0.05, 0) is 24.3 Å². The van der Waals surface area contributed by atoms with E-state index in [-0.39, 0.29) is 12.5 Å². The fourth-order valence-electron chi connectivity index (χ4n) is 1.56. The second-order valence-corrected chi connectivity index (χ2v) is 3.88. The average Bonchev–Trinajstić information content (AvgIpc) is 2.49. The van der Waals surface area contributed by atoms with Gasteiger partial charge in [-0.1, -0.05) is 24.0 Å². The number of anilines is 1. The Bertz CT molecular complexity index is 645. The van der Waals surface area contributed by atoms with Crippen molar-refractivity contribution < 1.29 is 9.90 Å². The fraction of sp³-hybridized carbons (Fsp3) is 0.133. The lowest BCUT2D eigenvalue weighted by molar-refractivity contribution is 0.102. The molecule has 0 fully saturated rings. The lowest BCUT2D eigenvalue weighted by Crippen LogP contribution is -2.14. The predicted molar refractivity (Wildman–Crippen MR) is 75.0 cm³/mol. The Balaban J connectivity index is 2.20. The van der Waals surface area contributed by atoms with Gasteiger partial charge in [-0.25, -0.2) is 0 Å². The molecule has 2 aromatic rings. The smallest absolute Gasteiger partial charge is 0.258 e. The summed E-state index contributed by atoms with van der Waals surface area (Å²) in [5.41, 5.74) is 1.07. The molecule has 0 radical (unpaired) electrons. The van der Waals surface area contributed by atoms with E-state index in [9.17, 15) is 4.79 Å². The summed E-state index contributed by atoms with van der Waals surface area (Å²) < 4.78 is 0. The highest BCUT2D eigenvalue weighted by Crippen LogP contribution is 2.10. The molecule has 2 rings (SSSR count). The van der Waals surface area contributed by atoms with Gasteiger partial charge in [0.1, 0.15) is 0 Å². The number of nitrogens with one attached hydrogen (secondary N) is 1. The molecule has 0 spiro atoms. The lowest BCUT2D eigenvalue weighted by atomic mass is 10.1. The number of rotatable bonds is 3. The number of carbonyl (C=O) groups excluding carboxylic acids is 1. The zero-order valence-corrected chi connectivity index (χ0v) is 10.7. The van der Waals surface area contributed by atoms with Gasteiger partial charge in [0.05, 0.1) is 12.2 Å². The third-order valence-corrected chi connectivity index (χ3v) is 2.45. The molecule has 0 saturated carbocycles. The standard InChI is InChI=1S/C15H13N3O2/c19-11-4-3-7-12-6-1-2-8-13(12)15(20)17-14-9-5-10-16-18-14/h1-2,5-6,8-10,19H,4,11H2,(H,17,18,20). The first-order chi connectivity index (χ1) is 9.81. The highest BCUT2D eigenvalue weighted by Gasteiger charge is 2.10. The van der Waals surface area contributed by atoms with Crippen molar-refractivity contribution in [3.63, 3.8) is 0 Å². The fourth-order valence-corrected chi connectivity index (χ4v) is 1.56. The van der Waals surface area contributed by atoms with E-state index in [1.54, 1.807) is 30.3 Å². The number of carbonyl (C=O) groups is 1. The molecule has 100 valence electrons. The summed E-state index contributed by atoms with van der Waals surface area (Å²) in [4.78, 5) is 12.2. The molecule has 1 aromatic carbocycles. The molecule has 0 aliphatic rings. The van der Waals surface area contributed by atoms with Gasteiger partial charge in [0.2, 0.25) is 0 Å². The van der Waals surface area contributed by atoms with E-state index in [0.29, 0.717) is 23.4 Å². The molecule has 0 bridgehead atoms. The molecular weight excluding hydrogens is 254 g/mol. The van der Waals surface area contributed by atoms with Crippen molar-refractivity contribution in [2.45, 2.75) is 6.42 Å². The topological polar surface area (TPSA) is 75.1 Å². The van der Waals surface area contributed by atoms with Crippen molar-refractivity contribution in [1.29, 1.82) is 0 Å². The van der Waals surface area contributed by atoms with Gasteiger partial charge < -0.3 is 10.4 Å². The summed E-state index contributed by atoms with van der Waals surface area (Å²) in [6.45, 7) is 0.000960. The second kappa shape index (κ2) is 7.02. The molecule has 1 aromatic heterocycles. The lowest BCUT2D eigenvalue weighted by Gasteiger charge is -2.05. The zero-order chi connectivity index (χ0) is 14.2. The summed E-state index contributed by atoms with van der Waals surface area (Å²) in [6.07, 6.45) is 1.91. The zero-order valence-electron chi connectivity index (χ0n) is 10.7. The van der Waals surface area contributed by atoms with Gasteiger partial charge in [-0.2, -0.15) is 5.10 Å². The summed E-state index contributed by atoms with van der Waals surface area (Å²) in [5, 5.41) is 18.9. The molecule has 5 heteroatoms. The van der Waals surface area contributed by atoms with E-state index in [0.717, 1.165) is 0 Å². The first kappa shape index (κ1) is 13.7. The van der Waals surface area contributed by atoms with Crippen molar-refractivity contribution in [3.8, 4) is 11.8 Å². The Hall–Kier alpha value is -2.71. The maximum Gasteiger partial charge on any atom is 0.258 e. The molecular formula is C15H13N3O2. The Morgan fingerprint density at radius 3 is 2.85 bits per heavy atom. The maximum absolute atomic E-state index is 12.2. The van der Waals surface area contributed by atoms with E-state index in [1.807, 2.05) is 6.07 Å². The highest BCUT2D eigenvalue weighted by molar-refractivity contribution is 6.05. The SMILES string of the molecule is O=C(Nc1cccnn1)c1ccccc1C#CCCO. The van der Waals surface area contributed by atoms with Crippen molar-refractivity contribution in [2.24, 2.45) is 0 Å². The van der Waals surface area contributed by atoms with Crippen LogP contribution < -0.4 is 5.32 Å². The number of benzene rings is 1. The third kappa shape index (κ3) is 3.64. The van der Waals surface area contributed by atoms with Gasteiger partial charge in [-0.3, -0.25) is 4.79 Å². The maximum atomic E-state index is 12.2. The third-order valence-electron chi connectivity index (χ3n) is 2.45. The highest BCUT2D eigenvalue weighted by atomic mass is 16.2. The summed E-state index contributed by atoms with van der Waals surface area (Å²) in [6, 6.07) is 10.4. The van der Waals surface area contributed by atoms with E-state index in [4.69, 9.17) is 5.11 Å². The van der Waals surface area contributed by atoms with Gasteiger partial charge in [0, 0.05) is 18.2 Å². The quantitative estimate of drug-likeness (QED) is 0.826. The Kier molecular flexibility index (Phi) is 4.81. The molecule has 5 nitrogen and oxygen atoms in total. The molecule has 1 amide bonds. The second-order valence-electron chi connectivity index (χ2n) is 3.88. The summed E-state index contributed by atoms with van der Waals surface area (Å²) in [5.74, 6) is 5.77. The van der Waals surface area contributed by atoms with Crippen LogP contribution in [0, 0.1) is 11.8 Å². The Labute approximate surface area is 116 Å². The van der Waals surface area contributed by atoms with Crippen LogP contribution in [-0.2, 0) is 0 Å². The van der Waals surface area contributed by atoms with E-state index in [1.165, 1.54) is 6.20 Å². The van der Waals surface area contributed by atoms with Gasteiger partial charge in [0.25, 0.3) is 5.91 Å². The van der Waals surface area contributed by atoms with Crippen molar-refractivity contribution >= 4 is 11.7 Å². The minimum atomic E-state index is -0.292. The number of hydrogen-bond donors (Lipinski definition) is 2. The number of amides is 1. The molecule has 0 atom stereocenters. The van der Waals surface area contributed by atoms with Crippen LogP contribution in [0.15, 0.2) is 42.6 Å². The van der Waals surface area contributed by atoms with E-state index >= 15 is 0 Å². The number of hydrogen-bond acceptors (Lipinski definition) is 4. The predicted octanol–water partition coefficient (Wildman–Crippen LogP) is 1.46. The van der Waals surface area contributed by atoms with Crippen LogP contribution in [0.3, 0.4) is 0 Å². The van der Waals surface area contributed by atoms with Crippen LogP contribution in [0.1, 0.15) is 22.3 Å². The van der Waals surface area contributed by atoms with Crippen molar-refractivity contribution in [2.75, 3.05) is 11.9 Å². The first-order valence-corrected chi connectivity index (χ1v) is 6.09.